The first-order chi connectivity index (χ1) is 4.22. The minimum atomic E-state index is 0.285. The van der Waals surface area contributed by atoms with Crippen molar-refractivity contribution < 1.29 is 5.11 Å². The highest BCUT2D eigenvalue weighted by Gasteiger charge is 1.87. The van der Waals surface area contributed by atoms with Gasteiger partial charge < -0.3 is 5.11 Å². The molecule has 0 rings (SSSR count). The van der Waals surface area contributed by atoms with Gasteiger partial charge in [0.15, 0.2) is 0 Å². The fourth-order valence-corrected chi connectivity index (χ4v) is 0.394. The van der Waals surface area contributed by atoms with Gasteiger partial charge in [-0.3, -0.25) is 0 Å². The predicted octanol–water partition coefficient (Wildman–Crippen LogP) is 1.15. The number of hydrogen-bond donors (Lipinski definition) is 1. The standard InChI is InChI=1S/C7H11BO/c1-3-5-7(9)6(8)4-2/h3-5,9H,2,8H2,1H3/b5-3-,7-6-. The Kier molecular flexibility index (Phi) is 3.61. The second-order valence-electron chi connectivity index (χ2n) is 1.77. The van der Waals surface area contributed by atoms with Gasteiger partial charge in [-0.2, -0.15) is 0 Å². The Hall–Kier alpha value is -0.915. The number of aliphatic hydroxyl groups is 1. The normalized spacial score (nSPS) is 13.4. The molecule has 0 aliphatic heterocycles. The van der Waals surface area contributed by atoms with Crippen LogP contribution in [0.5, 0.6) is 0 Å². The first-order valence-electron chi connectivity index (χ1n) is 2.87. The van der Waals surface area contributed by atoms with E-state index in [9.17, 15) is 0 Å². The summed E-state index contributed by atoms with van der Waals surface area (Å²) in [7, 11) is 1.81. The van der Waals surface area contributed by atoms with E-state index in [1.54, 1.807) is 18.2 Å². The van der Waals surface area contributed by atoms with E-state index in [2.05, 4.69) is 6.58 Å². The largest absolute Gasteiger partial charge is 0.509 e. The fraction of sp³-hybridized carbons (Fsp3) is 0.143. The van der Waals surface area contributed by atoms with Crippen molar-refractivity contribution in [2.45, 2.75) is 6.92 Å². The smallest absolute Gasteiger partial charge is 0.144 e. The molecular weight excluding hydrogens is 111 g/mol. The molecule has 0 aliphatic carbocycles. The Bertz CT molecular complexity index is 156. The summed E-state index contributed by atoms with van der Waals surface area (Å²) in [6.07, 6.45) is 5.04. The van der Waals surface area contributed by atoms with Crippen molar-refractivity contribution in [1.29, 1.82) is 0 Å². The molecule has 0 aromatic rings. The lowest BCUT2D eigenvalue weighted by molar-refractivity contribution is 0.431. The van der Waals surface area contributed by atoms with Crippen LogP contribution in [0.25, 0.3) is 0 Å². The van der Waals surface area contributed by atoms with Crippen molar-refractivity contribution in [3.8, 4) is 0 Å². The van der Waals surface area contributed by atoms with Crippen molar-refractivity contribution >= 4 is 7.85 Å². The lowest BCUT2D eigenvalue weighted by Gasteiger charge is -1.92. The van der Waals surface area contributed by atoms with Crippen LogP contribution in [-0.4, -0.2) is 13.0 Å². The SMILES string of the molecule is B/C(C=C)=C(O)/C=C\C. The number of allylic oxidation sites excluding steroid dienone is 4. The van der Waals surface area contributed by atoms with Crippen LogP contribution < -0.4 is 0 Å². The topological polar surface area (TPSA) is 20.2 Å². The average molecular weight is 122 g/mol. The highest BCUT2D eigenvalue weighted by molar-refractivity contribution is 6.23. The summed E-state index contributed by atoms with van der Waals surface area (Å²) in [5, 5.41) is 9.04. The molecule has 0 atom stereocenters. The van der Waals surface area contributed by atoms with Gasteiger partial charge in [0.1, 0.15) is 13.6 Å². The predicted molar refractivity (Wildman–Crippen MR) is 43.2 cm³/mol. The molecule has 0 radical (unpaired) electrons. The third-order valence-electron chi connectivity index (χ3n) is 1.03. The van der Waals surface area contributed by atoms with Gasteiger partial charge in [-0.1, -0.05) is 18.7 Å². The molecule has 0 saturated heterocycles. The van der Waals surface area contributed by atoms with Gasteiger partial charge in [-0.15, -0.1) is 0 Å². The zero-order valence-electron chi connectivity index (χ0n) is 5.89. The van der Waals surface area contributed by atoms with Crippen LogP contribution in [0.3, 0.4) is 0 Å². The average Bonchev–Trinajstić information content (AvgIpc) is 1.87. The van der Waals surface area contributed by atoms with Gasteiger partial charge in [0, 0.05) is 0 Å². The lowest BCUT2D eigenvalue weighted by atomic mass is 9.94. The molecule has 0 aliphatic rings. The third-order valence-corrected chi connectivity index (χ3v) is 1.03. The summed E-state index contributed by atoms with van der Waals surface area (Å²) in [4.78, 5) is 0. The van der Waals surface area contributed by atoms with Crippen LogP contribution in [0.2, 0.25) is 0 Å². The Labute approximate surface area is 56.8 Å². The van der Waals surface area contributed by atoms with E-state index in [0.29, 0.717) is 0 Å². The minimum absolute atomic E-state index is 0.285. The van der Waals surface area contributed by atoms with E-state index in [1.165, 1.54) is 0 Å². The summed E-state index contributed by atoms with van der Waals surface area (Å²) in [6, 6.07) is 0. The van der Waals surface area contributed by atoms with Gasteiger partial charge in [-0.05, 0) is 18.5 Å². The molecule has 0 bridgehead atoms. The Morgan fingerprint density at radius 2 is 2.22 bits per heavy atom. The molecule has 0 fully saturated rings. The van der Waals surface area contributed by atoms with E-state index in [1.807, 2.05) is 14.8 Å². The van der Waals surface area contributed by atoms with Gasteiger partial charge in [0.2, 0.25) is 0 Å². The Balaban J connectivity index is 4.27. The maximum atomic E-state index is 9.04. The molecule has 1 nitrogen and oxygen atoms in total. The number of aliphatic hydroxyl groups excluding tert-OH is 1. The summed E-state index contributed by atoms with van der Waals surface area (Å²) in [5.74, 6) is 0.285. The van der Waals surface area contributed by atoms with Crippen LogP contribution in [0.15, 0.2) is 36.0 Å². The molecule has 1 N–H and O–H groups in total. The van der Waals surface area contributed by atoms with E-state index >= 15 is 0 Å². The molecule has 0 amide bonds. The number of rotatable bonds is 2. The lowest BCUT2D eigenvalue weighted by Crippen LogP contribution is -1.82. The van der Waals surface area contributed by atoms with E-state index in [0.717, 1.165) is 5.47 Å². The van der Waals surface area contributed by atoms with Gasteiger partial charge in [0.05, 0.1) is 0 Å². The van der Waals surface area contributed by atoms with E-state index in [-0.39, 0.29) is 5.76 Å². The Morgan fingerprint density at radius 1 is 1.67 bits per heavy atom. The molecule has 48 valence electrons. The van der Waals surface area contributed by atoms with Crippen molar-refractivity contribution in [3.63, 3.8) is 0 Å². The molecule has 0 heterocycles. The quantitative estimate of drug-likeness (QED) is 0.331. The van der Waals surface area contributed by atoms with Crippen LogP contribution in [0.1, 0.15) is 6.92 Å². The maximum Gasteiger partial charge on any atom is 0.144 e. The molecule has 0 aromatic heterocycles. The summed E-state index contributed by atoms with van der Waals surface area (Å²) < 4.78 is 0. The summed E-state index contributed by atoms with van der Waals surface area (Å²) in [6.45, 7) is 5.37. The first kappa shape index (κ1) is 8.08. The first-order valence-corrected chi connectivity index (χ1v) is 2.87. The zero-order valence-corrected chi connectivity index (χ0v) is 5.89. The molecule has 0 unspecified atom stereocenters. The van der Waals surface area contributed by atoms with Crippen LogP contribution >= 0.6 is 0 Å². The minimum Gasteiger partial charge on any atom is -0.509 e. The highest BCUT2D eigenvalue weighted by atomic mass is 16.3. The number of hydrogen-bond acceptors (Lipinski definition) is 1. The third kappa shape index (κ3) is 2.80. The van der Waals surface area contributed by atoms with Crippen LogP contribution in [0.4, 0.5) is 0 Å². The molecule has 9 heavy (non-hydrogen) atoms. The van der Waals surface area contributed by atoms with Crippen LogP contribution in [-0.2, 0) is 0 Å². The van der Waals surface area contributed by atoms with Crippen molar-refractivity contribution in [2.75, 3.05) is 0 Å². The fourth-order valence-electron chi connectivity index (χ4n) is 0.394. The molecular formula is C7H11BO. The van der Waals surface area contributed by atoms with Crippen LogP contribution in [0, 0.1) is 0 Å². The van der Waals surface area contributed by atoms with E-state index < -0.39 is 0 Å². The van der Waals surface area contributed by atoms with Gasteiger partial charge >= 0.3 is 0 Å². The second kappa shape index (κ2) is 4.01. The Morgan fingerprint density at radius 3 is 2.56 bits per heavy atom. The monoisotopic (exact) mass is 122 g/mol. The summed E-state index contributed by atoms with van der Waals surface area (Å²) >= 11 is 0. The van der Waals surface area contributed by atoms with Crippen molar-refractivity contribution in [3.05, 3.63) is 36.0 Å². The molecule has 2 heteroatoms. The van der Waals surface area contributed by atoms with Crippen molar-refractivity contribution in [2.24, 2.45) is 0 Å². The molecule has 0 aromatic carbocycles. The summed E-state index contributed by atoms with van der Waals surface area (Å²) in [5.41, 5.74) is 0.799. The van der Waals surface area contributed by atoms with Crippen molar-refractivity contribution in [1.82, 2.24) is 0 Å². The second-order valence-corrected chi connectivity index (χ2v) is 1.77. The van der Waals surface area contributed by atoms with Gasteiger partial charge in [-0.25, -0.2) is 0 Å². The molecule has 0 spiro atoms. The highest BCUT2D eigenvalue weighted by Crippen LogP contribution is 1.98. The van der Waals surface area contributed by atoms with Gasteiger partial charge in [0.25, 0.3) is 0 Å². The maximum absolute atomic E-state index is 9.04. The van der Waals surface area contributed by atoms with E-state index in [4.69, 9.17) is 5.11 Å². The molecule has 0 saturated carbocycles. The zero-order chi connectivity index (χ0) is 7.28.